The second-order valence-electron chi connectivity index (χ2n) is 9.71. The minimum absolute atomic E-state index is 0.00141. The third-order valence-electron chi connectivity index (χ3n) is 6.53. The van der Waals surface area contributed by atoms with Crippen LogP contribution in [0.1, 0.15) is 59.4 Å². The van der Waals surface area contributed by atoms with Gasteiger partial charge in [-0.3, -0.25) is 9.59 Å². The molecule has 192 valence electrons. The van der Waals surface area contributed by atoms with Gasteiger partial charge in [-0.1, -0.05) is 69.3 Å². The summed E-state index contributed by atoms with van der Waals surface area (Å²) in [7, 11) is 0. The third kappa shape index (κ3) is 5.71. The van der Waals surface area contributed by atoms with Gasteiger partial charge in [-0.15, -0.1) is 0 Å². The van der Waals surface area contributed by atoms with E-state index >= 15 is 0 Å². The monoisotopic (exact) mass is 504 g/mol. The van der Waals surface area contributed by atoms with Gasteiger partial charge in [-0.05, 0) is 47.2 Å². The SMILES string of the molecule is CC(Cc1ccc2c(C(=O)NCc3ccc(F)c(F)c3)c(C(C)C)n(Cc3ccccc3)c2c1)C(=O)O. The van der Waals surface area contributed by atoms with Crippen LogP contribution < -0.4 is 5.32 Å². The summed E-state index contributed by atoms with van der Waals surface area (Å²) >= 11 is 0. The van der Waals surface area contributed by atoms with E-state index < -0.39 is 23.5 Å². The third-order valence-corrected chi connectivity index (χ3v) is 6.53. The van der Waals surface area contributed by atoms with Crippen LogP contribution in [-0.2, 0) is 24.3 Å². The number of hydrogen-bond acceptors (Lipinski definition) is 2. The number of aliphatic carboxylic acids is 1. The molecular formula is C30H30F2N2O3. The Balaban J connectivity index is 1.79. The van der Waals surface area contributed by atoms with Gasteiger partial charge in [0, 0.05) is 29.7 Å². The lowest BCUT2D eigenvalue weighted by Gasteiger charge is -2.16. The lowest BCUT2D eigenvalue weighted by Crippen LogP contribution is -2.24. The number of benzene rings is 3. The number of nitrogens with one attached hydrogen (secondary N) is 1. The van der Waals surface area contributed by atoms with Crippen molar-refractivity contribution in [2.24, 2.45) is 5.92 Å². The molecular weight excluding hydrogens is 474 g/mol. The minimum Gasteiger partial charge on any atom is -0.481 e. The van der Waals surface area contributed by atoms with E-state index in [1.54, 1.807) is 6.92 Å². The van der Waals surface area contributed by atoms with Crippen molar-refractivity contribution < 1.29 is 23.5 Å². The van der Waals surface area contributed by atoms with Crippen LogP contribution in [0.15, 0.2) is 66.7 Å². The number of hydrogen-bond donors (Lipinski definition) is 2. The van der Waals surface area contributed by atoms with Crippen LogP contribution in [0.4, 0.5) is 8.78 Å². The lowest BCUT2D eigenvalue weighted by molar-refractivity contribution is -0.141. The van der Waals surface area contributed by atoms with E-state index in [1.165, 1.54) is 6.07 Å². The zero-order chi connectivity index (χ0) is 26.7. The Hall–Kier alpha value is -4.00. The second-order valence-corrected chi connectivity index (χ2v) is 9.71. The summed E-state index contributed by atoms with van der Waals surface area (Å²) in [6.45, 7) is 6.31. The van der Waals surface area contributed by atoms with E-state index in [2.05, 4.69) is 9.88 Å². The molecule has 0 radical (unpaired) electrons. The van der Waals surface area contributed by atoms with E-state index in [0.717, 1.165) is 39.9 Å². The van der Waals surface area contributed by atoms with E-state index in [4.69, 9.17) is 0 Å². The molecule has 3 aromatic carbocycles. The maximum atomic E-state index is 13.7. The molecule has 4 aromatic rings. The van der Waals surface area contributed by atoms with Crippen molar-refractivity contribution in [2.75, 3.05) is 0 Å². The summed E-state index contributed by atoms with van der Waals surface area (Å²) < 4.78 is 29.1. The Morgan fingerprint density at radius 2 is 1.59 bits per heavy atom. The molecule has 1 amide bonds. The molecule has 0 aliphatic heterocycles. The molecule has 1 unspecified atom stereocenters. The molecule has 1 atom stereocenters. The number of nitrogens with zero attached hydrogens (tertiary/aromatic N) is 1. The van der Waals surface area contributed by atoms with Gasteiger partial charge in [-0.25, -0.2) is 8.78 Å². The van der Waals surface area contributed by atoms with Gasteiger partial charge in [0.2, 0.25) is 0 Å². The number of rotatable bonds is 9. The van der Waals surface area contributed by atoms with Crippen LogP contribution in [0.25, 0.3) is 10.9 Å². The standard InChI is InChI=1S/C30H30F2N2O3/c1-18(2)28-27(29(35)33-16-22-10-12-24(31)25(32)14-22)23-11-9-21(13-19(3)30(36)37)15-26(23)34(28)17-20-7-5-4-6-8-20/h4-12,14-15,18-19H,13,16-17H2,1-3H3,(H,33,35)(H,36,37). The molecule has 0 spiro atoms. The van der Waals surface area contributed by atoms with E-state index in [1.807, 2.05) is 62.4 Å². The number of carbonyl (C=O) groups excluding carboxylic acids is 1. The smallest absolute Gasteiger partial charge is 0.306 e. The largest absolute Gasteiger partial charge is 0.481 e. The number of aromatic nitrogens is 1. The second kappa shape index (κ2) is 10.9. The van der Waals surface area contributed by atoms with Crippen molar-refractivity contribution in [1.82, 2.24) is 9.88 Å². The number of amides is 1. The zero-order valence-electron chi connectivity index (χ0n) is 21.1. The summed E-state index contributed by atoms with van der Waals surface area (Å²) in [5.74, 6) is -3.61. The molecule has 1 heterocycles. The fourth-order valence-electron chi connectivity index (χ4n) is 4.68. The van der Waals surface area contributed by atoms with Gasteiger partial charge in [-0.2, -0.15) is 0 Å². The van der Waals surface area contributed by atoms with Gasteiger partial charge < -0.3 is 15.0 Å². The Kier molecular flexibility index (Phi) is 7.71. The molecule has 37 heavy (non-hydrogen) atoms. The number of carbonyl (C=O) groups is 2. The van der Waals surface area contributed by atoms with Crippen LogP contribution >= 0.6 is 0 Å². The fourth-order valence-corrected chi connectivity index (χ4v) is 4.68. The van der Waals surface area contributed by atoms with Gasteiger partial charge in [0.15, 0.2) is 11.6 Å². The number of halogens is 2. The lowest BCUT2D eigenvalue weighted by atomic mass is 9.98. The highest BCUT2D eigenvalue weighted by Crippen LogP contribution is 2.33. The van der Waals surface area contributed by atoms with Crippen LogP contribution in [0.2, 0.25) is 0 Å². The molecule has 0 saturated heterocycles. The minimum atomic E-state index is -0.961. The highest BCUT2D eigenvalue weighted by atomic mass is 19.2. The number of carboxylic acid groups (broad SMARTS) is 1. The van der Waals surface area contributed by atoms with Crippen molar-refractivity contribution in [3.05, 3.63) is 106 Å². The molecule has 5 nitrogen and oxygen atoms in total. The van der Waals surface area contributed by atoms with Crippen molar-refractivity contribution >= 4 is 22.8 Å². The summed E-state index contributed by atoms with van der Waals surface area (Å²) in [6.07, 6.45) is 0.371. The molecule has 0 saturated carbocycles. The van der Waals surface area contributed by atoms with E-state index in [0.29, 0.717) is 24.1 Å². The quantitative estimate of drug-likeness (QED) is 0.282. The zero-order valence-corrected chi connectivity index (χ0v) is 21.1. The topological polar surface area (TPSA) is 71.3 Å². The Labute approximate surface area is 214 Å². The predicted molar refractivity (Wildman–Crippen MR) is 140 cm³/mol. The molecule has 7 heteroatoms. The van der Waals surface area contributed by atoms with Gasteiger partial charge in [0.1, 0.15) is 0 Å². The molecule has 2 N–H and O–H groups in total. The van der Waals surface area contributed by atoms with Crippen LogP contribution in [-0.4, -0.2) is 21.6 Å². The summed E-state index contributed by atoms with van der Waals surface area (Å²) in [5, 5.41) is 13.0. The van der Waals surface area contributed by atoms with Crippen LogP contribution in [0.3, 0.4) is 0 Å². The maximum Gasteiger partial charge on any atom is 0.306 e. The van der Waals surface area contributed by atoms with Crippen molar-refractivity contribution in [2.45, 2.75) is 46.2 Å². The highest BCUT2D eigenvalue weighted by molar-refractivity contribution is 6.09. The number of carboxylic acids is 1. The van der Waals surface area contributed by atoms with Gasteiger partial charge in [0.25, 0.3) is 5.91 Å². The van der Waals surface area contributed by atoms with Crippen molar-refractivity contribution in [3.8, 4) is 0 Å². The molecule has 0 bridgehead atoms. The highest BCUT2D eigenvalue weighted by Gasteiger charge is 2.25. The number of fused-ring (bicyclic) bond motifs is 1. The van der Waals surface area contributed by atoms with E-state index in [-0.39, 0.29) is 18.4 Å². The molecule has 1 aromatic heterocycles. The average molecular weight is 505 g/mol. The van der Waals surface area contributed by atoms with Gasteiger partial charge in [0.05, 0.1) is 11.5 Å². The summed E-state index contributed by atoms with van der Waals surface area (Å²) in [5.41, 5.74) is 4.63. The first-order valence-electron chi connectivity index (χ1n) is 12.3. The Morgan fingerprint density at radius 3 is 2.24 bits per heavy atom. The predicted octanol–water partition coefficient (Wildman–Crippen LogP) is 6.28. The molecule has 0 aliphatic rings. The van der Waals surface area contributed by atoms with E-state index in [9.17, 15) is 23.5 Å². The molecule has 0 fully saturated rings. The normalized spacial score (nSPS) is 12.2. The van der Waals surface area contributed by atoms with Gasteiger partial charge >= 0.3 is 5.97 Å². The summed E-state index contributed by atoms with van der Waals surface area (Å²) in [6, 6.07) is 19.2. The van der Waals surface area contributed by atoms with Crippen LogP contribution in [0.5, 0.6) is 0 Å². The Morgan fingerprint density at radius 1 is 0.892 bits per heavy atom. The first-order valence-corrected chi connectivity index (χ1v) is 12.3. The summed E-state index contributed by atoms with van der Waals surface area (Å²) in [4.78, 5) is 25.0. The van der Waals surface area contributed by atoms with Crippen molar-refractivity contribution in [3.63, 3.8) is 0 Å². The average Bonchev–Trinajstić information content (AvgIpc) is 3.18. The first-order chi connectivity index (χ1) is 17.7. The maximum absolute atomic E-state index is 13.7. The fraction of sp³-hybridized carbons (Fsp3) is 0.267. The van der Waals surface area contributed by atoms with Crippen LogP contribution in [0, 0.1) is 17.6 Å². The molecule has 0 aliphatic carbocycles. The first kappa shape index (κ1) is 26.1. The Bertz CT molecular complexity index is 1440. The van der Waals surface area contributed by atoms with Crippen molar-refractivity contribution in [1.29, 1.82) is 0 Å². The molecule has 4 rings (SSSR count).